The molecule has 0 amide bonds. The average Bonchev–Trinajstić information content (AvgIpc) is 2.73. The van der Waals surface area contributed by atoms with Crippen LogP contribution in [-0.4, -0.2) is 14.3 Å². The fourth-order valence-electron chi connectivity index (χ4n) is 2.62. The Bertz CT molecular complexity index is 975. The van der Waals surface area contributed by atoms with E-state index in [9.17, 15) is 8.42 Å². The average molecular weight is 361 g/mol. The predicted molar refractivity (Wildman–Crippen MR) is 99.9 cm³/mol. The minimum absolute atomic E-state index is 0.215. The Morgan fingerprint density at radius 1 is 1.00 bits per heavy atom. The Labute approximate surface area is 146 Å². The summed E-state index contributed by atoms with van der Waals surface area (Å²) in [5.74, 6) is 0.355. The van der Waals surface area contributed by atoms with Gasteiger partial charge >= 0.3 is 0 Å². The third-order valence-electron chi connectivity index (χ3n) is 3.92. The Morgan fingerprint density at radius 2 is 1.67 bits per heavy atom. The number of amidine groups is 1. The van der Waals surface area contributed by atoms with Crippen molar-refractivity contribution in [3.63, 3.8) is 0 Å². The number of benzene rings is 2. The summed E-state index contributed by atoms with van der Waals surface area (Å²) in [5.41, 5.74) is 4.13. The molecule has 1 heterocycles. The molecule has 124 valence electrons. The number of rotatable bonds is 2. The van der Waals surface area contributed by atoms with Gasteiger partial charge in [0.15, 0.2) is 0 Å². The Kier molecular flexibility index (Phi) is 4.24. The van der Waals surface area contributed by atoms with E-state index in [2.05, 4.69) is 9.71 Å². The molecule has 0 aliphatic carbocycles. The first-order valence-corrected chi connectivity index (χ1v) is 9.26. The summed E-state index contributed by atoms with van der Waals surface area (Å²) in [6.07, 6.45) is 0. The topological polar surface area (TPSA) is 58.5 Å². The van der Waals surface area contributed by atoms with Gasteiger partial charge in [0.25, 0.3) is 10.0 Å². The lowest BCUT2D eigenvalue weighted by atomic mass is 10.1. The van der Waals surface area contributed by atoms with Crippen molar-refractivity contribution in [1.29, 1.82) is 0 Å². The summed E-state index contributed by atoms with van der Waals surface area (Å²) in [7, 11) is -3.73. The standard InChI is InChI=1S/C18H17ClN2O2S/c1-11-4-5-12(2)16(10-11)20-18-13(3)17(24(22,23)21-18)14-6-8-15(19)9-7-14/h4-10H,1-3H3,(H,20,21). The fourth-order valence-corrected chi connectivity index (χ4v) is 4.17. The zero-order valence-corrected chi connectivity index (χ0v) is 15.2. The van der Waals surface area contributed by atoms with Crippen LogP contribution < -0.4 is 5.32 Å². The van der Waals surface area contributed by atoms with Gasteiger partial charge in [-0.1, -0.05) is 35.9 Å². The Hall–Kier alpha value is -2.11. The number of halogens is 1. The number of sulfonamides is 1. The summed E-state index contributed by atoms with van der Waals surface area (Å²) in [5, 5.41) is 3.71. The molecule has 4 nitrogen and oxygen atoms in total. The quantitative estimate of drug-likeness (QED) is 0.855. The lowest BCUT2D eigenvalue weighted by molar-refractivity contribution is 0.608. The number of hydrogen-bond donors (Lipinski definition) is 1. The predicted octanol–water partition coefficient (Wildman–Crippen LogP) is 4.54. The molecule has 24 heavy (non-hydrogen) atoms. The minimum Gasteiger partial charge on any atom is -0.339 e. The summed E-state index contributed by atoms with van der Waals surface area (Å²) >= 11 is 5.89. The molecule has 0 unspecified atom stereocenters. The van der Waals surface area contributed by atoms with Crippen LogP contribution in [0.2, 0.25) is 5.02 Å². The first-order valence-electron chi connectivity index (χ1n) is 7.44. The van der Waals surface area contributed by atoms with Crippen molar-refractivity contribution in [2.75, 3.05) is 5.32 Å². The summed E-state index contributed by atoms with van der Waals surface area (Å²) in [6, 6.07) is 12.7. The third kappa shape index (κ3) is 3.09. The van der Waals surface area contributed by atoms with Crippen LogP contribution >= 0.6 is 11.6 Å². The van der Waals surface area contributed by atoms with E-state index in [0.717, 1.165) is 16.8 Å². The molecule has 2 aromatic carbocycles. The van der Waals surface area contributed by atoms with Gasteiger partial charge < -0.3 is 5.32 Å². The van der Waals surface area contributed by atoms with Gasteiger partial charge in [-0.3, -0.25) is 0 Å². The Morgan fingerprint density at radius 3 is 2.33 bits per heavy atom. The van der Waals surface area contributed by atoms with Crippen molar-refractivity contribution in [3.8, 4) is 0 Å². The monoisotopic (exact) mass is 360 g/mol. The van der Waals surface area contributed by atoms with E-state index in [1.165, 1.54) is 0 Å². The van der Waals surface area contributed by atoms with E-state index in [0.29, 0.717) is 22.0 Å². The van der Waals surface area contributed by atoms with Crippen LogP contribution in [0.4, 0.5) is 5.69 Å². The number of hydrogen-bond acceptors (Lipinski definition) is 3. The van der Waals surface area contributed by atoms with Gasteiger partial charge in [-0.25, -0.2) is 0 Å². The molecular formula is C18H17ClN2O2S. The zero-order valence-electron chi connectivity index (χ0n) is 13.6. The maximum Gasteiger partial charge on any atom is 0.285 e. The van der Waals surface area contributed by atoms with Crippen LogP contribution in [0.5, 0.6) is 0 Å². The van der Waals surface area contributed by atoms with Gasteiger partial charge in [-0.2, -0.15) is 8.42 Å². The molecule has 6 heteroatoms. The van der Waals surface area contributed by atoms with Crippen LogP contribution in [-0.2, 0) is 10.0 Å². The molecule has 0 saturated carbocycles. The molecular weight excluding hydrogens is 344 g/mol. The molecule has 1 aliphatic rings. The highest BCUT2D eigenvalue weighted by atomic mass is 35.5. The van der Waals surface area contributed by atoms with E-state index in [1.54, 1.807) is 31.2 Å². The molecule has 0 spiro atoms. The SMILES string of the molecule is CC1=C(c2ccc(Cl)cc2)S(=O)(=O)N=C1Nc1cc(C)ccc1C. The second-order valence-electron chi connectivity index (χ2n) is 5.82. The fraction of sp³-hybridized carbons (Fsp3) is 0.167. The molecule has 0 saturated heterocycles. The van der Waals surface area contributed by atoms with Crippen molar-refractivity contribution in [2.24, 2.45) is 4.40 Å². The van der Waals surface area contributed by atoms with Gasteiger partial charge in [0.2, 0.25) is 0 Å². The van der Waals surface area contributed by atoms with Crippen LogP contribution in [0.1, 0.15) is 23.6 Å². The van der Waals surface area contributed by atoms with Crippen LogP contribution in [0.25, 0.3) is 4.91 Å². The largest absolute Gasteiger partial charge is 0.339 e. The summed E-state index contributed by atoms with van der Waals surface area (Å²) < 4.78 is 28.9. The van der Waals surface area contributed by atoms with E-state index in [4.69, 9.17) is 11.6 Å². The molecule has 0 fully saturated rings. The number of aryl methyl sites for hydroxylation is 2. The molecule has 2 aromatic rings. The second-order valence-corrected chi connectivity index (χ2v) is 7.80. The first kappa shape index (κ1) is 16.7. The molecule has 0 bridgehead atoms. The van der Waals surface area contributed by atoms with Crippen LogP contribution in [0.3, 0.4) is 0 Å². The highest BCUT2D eigenvalue weighted by molar-refractivity contribution is 8.00. The first-order chi connectivity index (χ1) is 11.3. The maximum atomic E-state index is 12.5. The van der Waals surface area contributed by atoms with Gasteiger partial charge in [0, 0.05) is 16.3 Å². The molecule has 3 rings (SSSR count). The minimum atomic E-state index is -3.73. The van der Waals surface area contributed by atoms with E-state index in [1.807, 2.05) is 32.0 Å². The maximum absolute atomic E-state index is 12.5. The van der Waals surface area contributed by atoms with Crippen LogP contribution in [0, 0.1) is 13.8 Å². The number of nitrogens with one attached hydrogen (secondary N) is 1. The van der Waals surface area contributed by atoms with Gasteiger partial charge in [-0.15, -0.1) is 4.40 Å². The molecule has 1 N–H and O–H groups in total. The van der Waals surface area contributed by atoms with Gasteiger partial charge in [-0.05, 0) is 55.7 Å². The smallest absolute Gasteiger partial charge is 0.285 e. The highest BCUT2D eigenvalue weighted by Crippen LogP contribution is 2.33. The van der Waals surface area contributed by atoms with E-state index < -0.39 is 10.0 Å². The lowest BCUT2D eigenvalue weighted by Gasteiger charge is -2.10. The second kappa shape index (κ2) is 6.07. The molecule has 0 atom stereocenters. The van der Waals surface area contributed by atoms with Gasteiger partial charge in [0.1, 0.15) is 10.7 Å². The van der Waals surface area contributed by atoms with Gasteiger partial charge in [0.05, 0.1) is 0 Å². The van der Waals surface area contributed by atoms with Crippen molar-refractivity contribution < 1.29 is 8.42 Å². The number of nitrogens with zero attached hydrogens (tertiary/aromatic N) is 1. The normalized spacial score (nSPS) is 16.2. The van der Waals surface area contributed by atoms with E-state index in [-0.39, 0.29) is 4.91 Å². The summed E-state index contributed by atoms with van der Waals surface area (Å²) in [6.45, 7) is 5.70. The zero-order chi connectivity index (χ0) is 17.5. The van der Waals surface area contributed by atoms with Crippen LogP contribution in [0.15, 0.2) is 52.4 Å². The lowest BCUT2D eigenvalue weighted by Crippen LogP contribution is -2.12. The third-order valence-corrected chi connectivity index (χ3v) is 5.65. The van der Waals surface area contributed by atoms with Crippen molar-refractivity contribution in [1.82, 2.24) is 0 Å². The number of anilines is 1. The van der Waals surface area contributed by atoms with E-state index >= 15 is 0 Å². The van der Waals surface area contributed by atoms with Crippen molar-refractivity contribution >= 4 is 38.1 Å². The molecule has 0 radical (unpaired) electrons. The highest BCUT2D eigenvalue weighted by Gasteiger charge is 2.31. The molecule has 0 aromatic heterocycles. The summed E-state index contributed by atoms with van der Waals surface area (Å²) in [4.78, 5) is 0.215. The van der Waals surface area contributed by atoms with Crippen molar-refractivity contribution in [2.45, 2.75) is 20.8 Å². The molecule has 1 aliphatic heterocycles. The van der Waals surface area contributed by atoms with Crippen molar-refractivity contribution in [3.05, 3.63) is 69.8 Å². The Balaban J connectivity index is 2.04.